The normalized spacial score (nSPS) is 9.80. The Labute approximate surface area is 123 Å². The van der Waals surface area contributed by atoms with Crippen LogP contribution in [0.5, 0.6) is 0 Å². The Balaban J connectivity index is 2.38. The van der Waals surface area contributed by atoms with E-state index in [0.29, 0.717) is 17.1 Å². The van der Waals surface area contributed by atoms with Crippen molar-refractivity contribution in [2.75, 3.05) is 11.1 Å². The Bertz CT molecular complexity index is 723. The summed E-state index contributed by atoms with van der Waals surface area (Å²) < 4.78 is 0.794. The molecule has 0 aliphatic rings. The van der Waals surface area contributed by atoms with Gasteiger partial charge in [0, 0.05) is 4.47 Å². The summed E-state index contributed by atoms with van der Waals surface area (Å²) in [5.41, 5.74) is 12.2. The second kappa shape index (κ2) is 5.59. The van der Waals surface area contributed by atoms with Gasteiger partial charge in [-0.25, -0.2) is 4.98 Å². The number of amides is 1. The first-order chi connectivity index (χ1) is 9.51. The first-order valence-corrected chi connectivity index (χ1v) is 6.32. The van der Waals surface area contributed by atoms with Gasteiger partial charge in [-0.05, 0) is 24.3 Å². The molecule has 0 fully saturated rings. The fourth-order valence-corrected chi connectivity index (χ4v) is 1.96. The zero-order valence-corrected chi connectivity index (χ0v) is 11.8. The number of pyridine rings is 1. The number of nitrogens with one attached hydrogen (secondary N) is 1. The van der Waals surface area contributed by atoms with Crippen molar-refractivity contribution in [1.29, 1.82) is 5.26 Å². The first kappa shape index (κ1) is 13.8. The molecule has 0 bridgehead atoms. The van der Waals surface area contributed by atoms with Crippen LogP contribution in [0.15, 0.2) is 34.9 Å². The minimum absolute atomic E-state index is 0.179. The van der Waals surface area contributed by atoms with Gasteiger partial charge in [0.05, 0.1) is 28.7 Å². The number of nitriles is 1. The highest BCUT2D eigenvalue weighted by atomic mass is 79.9. The van der Waals surface area contributed by atoms with Crippen LogP contribution in [0.2, 0.25) is 0 Å². The third-order valence-corrected chi connectivity index (χ3v) is 3.06. The van der Waals surface area contributed by atoms with Gasteiger partial charge < -0.3 is 16.8 Å². The lowest BCUT2D eigenvalue weighted by atomic mass is 10.2. The van der Waals surface area contributed by atoms with Crippen LogP contribution in [0.4, 0.5) is 17.2 Å². The summed E-state index contributed by atoms with van der Waals surface area (Å²) in [4.78, 5) is 15.3. The van der Waals surface area contributed by atoms with E-state index >= 15 is 0 Å². The molecule has 7 heteroatoms. The standard InChI is InChI=1S/C13H10BrN5O/c14-8-1-2-11(7(3-8)5-15)19-12-4-9(13(17)20)10(16)6-18-12/h1-4,6H,16H2,(H2,17,20)(H,18,19). The second-order valence-corrected chi connectivity index (χ2v) is 4.86. The molecule has 0 spiro atoms. The molecule has 5 N–H and O–H groups in total. The molecular formula is C13H10BrN5O. The van der Waals surface area contributed by atoms with Crippen LogP contribution in [0, 0.1) is 11.3 Å². The largest absolute Gasteiger partial charge is 0.397 e. The van der Waals surface area contributed by atoms with Crippen molar-refractivity contribution in [3.05, 3.63) is 46.1 Å². The molecule has 0 aliphatic heterocycles. The van der Waals surface area contributed by atoms with Crippen molar-refractivity contribution in [2.45, 2.75) is 0 Å². The van der Waals surface area contributed by atoms with Gasteiger partial charge in [-0.1, -0.05) is 15.9 Å². The van der Waals surface area contributed by atoms with E-state index in [1.54, 1.807) is 18.2 Å². The molecule has 0 radical (unpaired) electrons. The molecule has 2 rings (SSSR count). The van der Waals surface area contributed by atoms with Crippen molar-refractivity contribution in [3.8, 4) is 6.07 Å². The predicted molar refractivity (Wildman–Crippen MR) is 79.3 cm³/mol. The molecule has 1 amide bonds. The van der Waals surface area contributed by atoms with Gasteiger partial charge in [0.15, 0.2) is 0 Å². The van der Waals surface area contributed by atoms with Crippen LogP contribution in [0.25, 0.3) is 0 Å². The number of anilines is 3. The molecule has 0 atom stereocenters. The van der Waals surface area contributed by atoms with Crippen LogP contribution in [0.3, 0.4) is 0 Å². The van der Waals surface area contributed by atoms with Gasteiger partial charge >= 0.3 is 0 Å². The maximum atomic E-state index is 11.2. The van der Waals surface area contributed by atoms with Crippen LogP contribution in [0.1, 0.15) is 15.9 Å². The Hall–Kier alpha value is -2.59. The molecule has 0 unspecified atom stereocenters. The number of aromatic nitrogens is 1. The van der Waals surface area contributed by atoms with Crippen molar-refractivity contribution in [2.24, 2.45) is 5.73 Å². The van der Waals surface area contributed by atoms with Gasteiger partial charge in [0.1, 0.15) is 11.9 Å². The summed E-state index contributed by atoms with van der Waals surface area (Å²) in [6.45, 7) is 0. The molecule has 100 valence electrons. The molecule has 0 aliphatic carbocycles. The molecule has 0 saturated heterocycles. The molecule has 1 aromatic carbocycles. The number of hydrogen-bond acceptors (Lipinski definition) is 5. The highest BCUT2D eigenvalue weighted by Gasteiger charge is 2.09. The summed E-state index contributed by atoms with van der Waals surface area (Å²) in [6, 6.07) is 8.70. The Kier molecular flexibility index (Phi) is 3.86. The molecular weight excluding hydrogens is 322 g/mol. The number of nitrogen functional groups attached to an aromatic ring is 1. The number of rotatable bonds is 3. The number of benzene rings is 1. The van der Waals surface area contributed by atoms with E-state index in [-0.39, 0.29) is 11.3 Å². The number of carbonyl (C=O) groups excluding carboxylic acids is 1. The number of hydrogen-bond donors (Lipinski definition) is 3. The Morgan fingerprint density at radius 3 is 2.80 bits per heavy atom. The number of primary amides is 1. The molecule has 20 heavy (non-hydrogen) atoms. The third-order valence-electron chi connectivity index (χ3n) is 2.57. The number of halogens is 1. The SMILES string of the molecule is N#Cc1cc(Br)ccc1Nc1cc(C(N)=O)c(N)cn1. The van der Waals surface area contributed by atoms with E-state index in [9.17, 15) is 4.79 Å². The van der Waals surface area contributed by atoms with E-state index in [4.69, 9.17) is 16.7 Å². The topological polar surface area (TPSA) is 118 Å². The monoisotopic (exact) mass is 331 g/mol. The predicted octanol–water partition coefficient (Wildman–Crippen LogP) is 2.14. The van der Waals surface area contributed by atoms with Crippen molar-refractivity contribution in [3.63, 3.8) is 0 Å². The summed E-state index contributed by atoms with van der Waals surface area (Å²) >= 11 is 3.29. The van der Waals surface area contributed by atoms with Gasteiger partial charge in [-0.3, -0.25) is 4.79 Å². The number of nitrogens with two attached hydrogens (primary N) is 2. The van der Waals surface area contributed by atoms with E-state index in [1.165, 1.54) is 12.3 Å². The van der Waals surface area contributed by atoms with Crippen LogP contribution in [-0.2, 0) is 0 Å². The van der Waals surface area contributed by atoms with Gasteiger partial charge in [0.2, 0.25) is 0 Å². The van der Waals surface area contributed by atoms with Crippen molar-refractivity contribution < 1.29 is 4.79 Å². The molecule has 1 aromatic heterocycles. The van der Waals surface area contributed by atoms with E-state index < -0.39 is 5.91 Å². The number of carbonyl (C=O) groups is 1. The highest BCUT2D eigenvalue weighted by molar-refractivity contribution is 9.10. The van der Waals surface area contributed by atoms with Crippen LogP contribution >= 0.6 is 15.9 Å². The van der Waals surface area contributed by atoms with E-state index in [0.717, 1.165) is 4.47 Å². The Morgan fingerprint density at radius 1 is 1.40 bits per heavy atom. The lowest BCUT2D eigenvalue weighted by molar-refractivity contribution is 0.100. The lowest BCUT2D eigenvalue weighted by Gasteiger charge is -2.09. The summed E-state index contributed by atoms with van der Waals surface area (Å²) in [7, 11) is 0. The number of nitrogens with zero attached hydrogens (tertiary/aromatic N) is 2. The zero-order valence-electron chi connectivity index (χ0n) is 10.2. The molecule has 0 saturated carbocycles. The molecule has 6 nitrogen and oxygen atoms in total. The minimum Gasteiger partial charge on any atom is -0.397 e. The summed E-state index contributed by atoms with van der Waals surface area (Å²) in [5.74, 6) is -0.254. The smallest absolute Gasteiger partial charge is 0.250 e. The van der Waals surface area contributed by atoms with Crippen molar-refractivity contribution >= 4 is 39.0 Å². The van der Waals surface area contributed by atoms with Crippen LogP contribution < -0.4 is 16.8 Å². The molecule has 2 aromatic rings. The lowest BCUT2D eigenvalue weighted by Crippen LogP contribution is -2.14. The molecule has 1 heterocycles. The first-order valence-electron chi connectivity index (χ1n) is 5.53. The van der Waals surface area contributed by atoms with Gasteiger partial charge in [-0.15, -0.1) is 0 Å². The average molecular weight is 332 g/mol. The maximum Gasteiger partial charge on any atom is 0.250 e. The highest BCUT2D eigenvalue weighted by Crippen LogP contribution is 2.24. The van der Waals surface area contributed by atoms with Gasteiger partial charge in [-0.2, -0.15) is 5.26 Å². The zero-order chi connectivity index (χ0) is 14.7. The van der Waals surface area contributed by atoms with Gasteiger partial charge in [0.25, 0.3) is 5.91 Å². The van der Waals surface area contributed by atoms with Crippen LogP contribution in [-0.4, -0.2) is 10.9 Å². The average Bonchev–Trinajstić information content (AvgIpc) is 2.42. The second-order valence-electron chi connectivity index (χ2n) is 3.95. The van der Waals surface area contributed by atoms with E-state index in [1.807, 2.05) is 0 Å². The maximum absolute atomic E-state index is 11.2. The minimum atomic E-state index is -0.635. The quantitative estimate of drug-likeness (QED) is 0.796. The fourth-order valence-electron chi connectivity index (χ4n) is 1.60. The summed E-state index contributed by atoms with van der Waals surface area (Å²) in [6.07, 6.45) is 1.34. The van der Waals surface area contributed by atoms with Crippen molar-refractivity contribution in [1.82, 2.24) is 4.98 Å². The summed E-state index contributed by atoms with van der Waals surface area (Å²) in [5, 5.41) is 12.0. The fraction of sp³-hybridized carbons (Fsp3) is 0. The Morgan fingerprint density at radius 2 is 2.15 bits per heavy atom. The van der Waals surface area contributed by atoms with E-state index in [2.05, 4.69) is 32.3 Å². The third kappa shape index (κ3) is 2.87.